The molecule has 0 unspecified atom stereocenters. The van der Waals surface area contributed by atoms with Gasteiger partial charge >= 0.3 is 12.0 Å². The first-order chi connectivity index (χ1) is 10.7. The lowest BCUT2D eigenvalue weighted by Crippen LogP contribution is -2.41. The molecule has 1 heterocycles. The van der Waals surface area contributed by atoms with Gasteiger partial charge in [-0.05, 0) is 38.1 Å². The van der Waals surface area contributed by atoms with Gasteiger partial charge in [0.05, 0.1) is 12.7 Å². The molecule has 1 aliphatic heterocycles. The zero-order chi connectivity index (χ0) is 17.2. The summed E-state index contributed by atoms with van der Waals surface area (Å²) in [6.45, 7) is 2.75. The van der Waals surface area contributed by atoms with Crippen molar-refractivity contribution in [1.29, 1.82) is 0 Å². The number of esters is 1. The van der Waals surface area contributed by atoms with Crippen LogP contribution in [0.15, 0.2) is 24.3 Å². The van der Waals surface area contributed by atoms with Crippen LogP contribution in [0.3, 0.4) is 0 Å². The molecule has 122 valence electrons. The van der Waals surface area contributed by atoms with E-state index in [4.69, 9.17) is 0 Å². The lowest BCUT2D eigenvalue weighted by molar-refractivity contribution is -0.132. The number of imide groups is 1. The Balaban J connectivity index is 1.99. The van der Waals surface area contributed by atoms with Crippen LogP contribution in [0.5, 0.6) is 0 Å². The minimum Gasteiger partial charge on any atom is -0.465 e. The van der Waals surface area contributed by atoms with Gasteiger partial charge in [-0.1, -0.05) is 0 Å². The van der Waals surface area contributed by atoms with Gasteiger partial charge in [0.2, 0.25) is 5.91 Å². The number of rotatable bonds is 4. The number of urea groups is 1. The van der Waals surface area contributed by atoms with Gasteiger partial charge in [0.1, 0.15) is 12.1 Å². The zero-order valence-electron chi connectivity index (χ0n) is 13.0. The van der Waals surface area contributed by atoms with E-state index in [1.54, 1.807) is 13.8 Å². The molecule has 1 aromatic rings. The third kappa shape index (κ3) is 3.47. The monoisotopic (exact) mass is 319 g/mol. The van der Waals surface area contributed by atoms with Gasteiger partial charge in [-0.15, -0.1) is 0 Å². The van der Waals surface area contributed by atoms with Gasteiger partial charge in [0.15, 0.2) is 0 Å². The second-order valence-electron chi connectivity index (χ2n) is 5.56. The molecule has 8 heteroatoms. The molecule has 23 heavy (non-hydrogen) atoms. The van der Waals surface area contributed by atoms with E-state index in [1.165, 1.54) is 31.4 Å². The Bertz CT molecular complexity index is 666. The number of carbonyl (C=O) groups excluding carboxylic acids is 4. The molecule has 4 amide bonds. The summed E-state index contributed by atoms with van der Waals surface area (Å²) in [5.41, 5.74) is -0.227. The van der Waals surface area contributed by atoms with Crippen LogP contribution in [0, 0.1) is 0 Å². The summed E-state index contributed by atoms with van der Waals surface area (Å²) in [4.78, 5) is 47.8. The van der Waals surface area contributed by atoms with Gasteiger partial charge in [-0.2, -0.15) is 0 Å². The lowest BCUT2D eigenvalue weighted by Gasteiger charge is -2.15. The normalized spacial score (nSPS) is 16.0. The Morgan fingerprint density at radius 1 is 1.22 bits per heavy atom. The molecule has 0 aromatic heterocycles. The van der Waals surface area contributed by atoms with Crippen LogP contribution < -0.4 is 10.6 Å². The first-order valence-electron chi connectivity index (χ1n) is 6.87. The molecular weight excluding hydrogens is 302 g/mol. The van der Waals surface area contributed by atoms with Gasteiger partial charge in [-0.25, -0.2) is 9.59 Å². The maximum Gasteiger partial charge on any atom is 0.337 e. The largest absolute Gasteiger partial charge is 0.465 e. The van der Waals surface area contributed by atoms with Crippen LogP contribution in [0.4, 0.5) is 10.5 Å². The first-order valence-corrected chi connectivity index (χ1v) is 6.87. The highest BCUT2D eigenvalue weighted by molar-refractivity contribution is 6.09. The van der Waals surface area contributed by atoms with Crippen molar-refractivity contribution >= 4 is 29.5 Å². The van der Waals surface area contributed by atoms with Crippen molar-refractivity contribution in [1.82, 2.24) is 10.2 Å². The molecule has 1 aromatic carbocycles. The van der Waals surface area contributed by atoms with Crippen LogP contribution in [-0.2, 0) is 14.3 Å². The van der Waals surface area contributed by atoms with Crippen LogP contribution >= 0.6 is 0 Å². The standard InChI is InChI=1S/C15H17N3O5/c1-15(2)13(21)18(14(22)17-15)8-11(19)16-10-6-4-9(5-7-10)12(20)23-3/h4-7H,8H2,1-3H3,(H,16,19)(H,17,22). The SMILES string of the molecule is COC(=O)c1ccc(NC(=O)CN2C(=O)NC(C)(C)C2=O)cc1. The van der Waals surface area contributed by atoms with E-state index in [-0.39, 0.29) is 6.54 Å². The number of amides is 4. The quantitative estimate of drug-likeness (QED) is 0.629. The summed E-state index contributed by atoms with van der Waals surface area (Å²) >= 11 is 0. The predicted molar refractivity (Wildman–Crippen MR) is 80.7 cm³/mol. The fourth-order valence-electron chi connectivity index (χ4n) is 2.11. The molecule has 1 aliphatic rings. The molecular formula is C15H17N3O5. The maximum absolute atomic E-state index is 12.0. The molecule has 2 rings (SSSR count). The number of nitrogens with zero attached hydrogens (tertiary/aromatic N) is 1. The first kappa shape index (κ1) is 16.5. The predicted octanol–water partition coefficient (Wildman–Crippen LogP) is 0.742. The minimum atomic E-state index is -1.01. The van der Waals surface area contributed by atoms with E-state index in [9.17, 15) is 19.2 Å². The molecule has 8 nitrogen and oxygen atoms in total. The highest BCUT2D eigenvalue weighted by Crippen LogP contribution is 2.16. The Morgan fingerprint density at radius 2 is 1.83 bits per heavy atom. The van der Waals surface area contributed by atoms with Gasteiger partial charge < -0.3 is 15.4 Å². The van der Waals surface area contributed by atoms with Crippen LogP contribution in [-0.4, -0.2) is 47.9 Å². The van der Waals surface area contributed by atoms with Crippen molar-refractivity contribution in [2.75, 3.05) is 19.0 Å². The molecule has 0 spiro atoms. The van der Waals surface area contributed by atoms with Crippen LogP contribution in [0.1, 0.15) is 24.2 Å². The molecule has 0 atom stereocenters. The fourth-order valence-corrected chi connectivity index (χ4v) is 2.11. The lowest BCUT2D eigenvalue weighted by atomic mass is 10.1. The number of anilines is 1. The third-order valence-corrected chi connectivity index (χ3v) is 3.34. The van der Waals surface area contributed by atoms with Crippen molar-refractivity contribution in [3.8, 4) is 0 Å². The summed E-state index contributed by atoms with van der Waals surface area (Å²) in [5.74, 6) is -1.46. The van der Waals surface area contributed by atoms with Crippen molar-refractivity contribution in [2.24, 2.45) is 0 Å². The highest BCUT2D eigenvalue weighted by atomic mass is 16.5. The van der Waals surface area contributed by atoms with Crippen molar-refractivity contribution < 1.29 is 23.9 Å². The number of hydrogen-bond acceptors (Lipinski definition) is 5. The molecule has 0 radical (unpaired) electrons. The molecule has 0 bridgehead atoms. The Morgan fingerprint density at radius 3 is 2.30 bits per heavy atom. The summed E-state index contributed by atoms with van der Waals surface area (Å²) in [7, 11) is 1.28. The number of benzene rings is 1. The van der Waals surface area contributed by atoms with Crippen molar-refractivity contribution in [3.05, 3.63) is 29.8 Å². The van der Waals surface area contributed by atoms with Gasteiger partial charge in [0.25, 0.3) is 5.91 Å². The van der Waals surface area contributed by atoms with Crippen molar-refractivity contribution in [2.45, 2.75) is 19.4 Å². The average molecular weight is 319 g/mol. The van der Waals surface area contributed by atoms with Crippen LogP contribution in [0.25, 0.3) is 0 Å². The highest BCUT2D eigenvalue weighted by Gasteiger charge is 2.44. The number of ether oxygens (including phenoxy) is 1. The Kier molecular flexibility index (Phi) is 4.35. The molecule has 2 N–H and O–H groups in total. The summed E-state index contributed by atoms with van der Waals surface area (Å²) in [6, 6.07) is 5.45. The maximum atomic E-state index is 12.0. The molecule has 1 fully saturated rings. The number of nitrogens with one attached hydrogen (secondary N) is 2. The van der Waals surface area contributed by atoms with E-state index in [2.05, 4.69) is 15.4 Å². The van der Waals surface area contributed by atoms with Gasteiger partial charge in [-0.3, -0.25) is 14.5 Å². The zero-order valence-corrected chi connectivity index (χ0v) is 13.0. The van der Waals surface area contributed by atoms with E-state index < -0.39 is 29.4 Å². The average Bonchev–Trinajstić information content (AvgIpc) is 2.69. The van der Waals surface area contributed by atoms with E-state index in [1.807, 2.05) is 0 Å². The summed E-state index contributed by atoms with van der Waals surface area (Å²) in [5, 5.41) is 5.05. The van der Waals surface area contributed by atoms with E-state index >= 15 is 0 Å². The molecule has 0 aliphatic carbocycles. The Labute approximate surface area is 132 Å². The number of carbonyl (C=O) groups is 4. The number of hydrogen-bond donors (Lipinski definition) is 2. The summed E-state index contributed by atoms with van der Waals surface area (Å²) in [6.07, 6.45) is 0. The van der Waals surface area contributed by atoms with Crippen molar-refractivity contribution in [3.63, 3.8) is 0 Å². The smallest absolute Gasteiger partial charge is 0.337 e. The van der Waals surface area contributed by atoms with E-state index in [0.717, 1.165) is 4.90 Å². The van der Waals surface area contributed by atoms with Crippen LogP contribution in [0.2, 0.25) is 0 Å². The second-order valence-corrected chi connectivity index (χ2v) is 5.56. The topological polar surface area (TPSA) is 105 Å². The third-order valence-electron chi connectivity index (χ3n) is 3.34. The minimum absolute atomic E-state index is 0.348. The van der Waals surface area contributed by atoms with E-state index in [0.29, 0.717) is 11.3 Å². The summed E-state index contributed by atoms with van der Waals surface area (Å²) < 4.78 is 4.57. The number of methoxy groups -OCH3 is 1. The molecule has 1 saturated heterocycles. The Hall–Kier alpha value is -2.90. The fraction of sp³-hybridized carbons (Fsp3) is 0.333. The second kappa shape index (κ2) is 6.07. The van der Waals surface area contributed by atoms with Gasteiger partial charge in [0, 0.05) is 5.69 Å². The molecule has 0 saturated carbocycles.